The first-order valence-electron chi connectivity index (χ1n) is 7.11. The number of hydrogen-bond acceptors (Lipinski definition) is 2. The van der Waals surface area contributed by atoms with Gasteiger partial charge in [-0.05, 0) is 32.6 Å². The van der Waals surface area contributed by atoms with Gasteiger partial charge in [-0.2, -0.15) is 0 Å². The maximum absolute atomic E-state index is 3.53. The first-order valence-corrected chi connectivity index (χ1v) is 7.11. The lowest BCUT2D eigenvalue weighted by Crippen LogP contribution is -2.61. The SMILES string of the molecule is CCC1CCCC(N2CCNCC2(C)C)C1. The van der Waals surface area contributed by atoms with Gasteiger partial charge in [0.25, 0.3) is 0 Å². The predicted octanol–water partition coefficient (Wildman–Crippen LogP) is 2.64. The fourth-order valence-electron chi connectivity index (χ4n) is 3.59. The topological polar surface area (TPSA) is 15.3 Å². The van der Waals surface area contributed by atoms with Crippen molar-refractivity contribution in [1.29, 1.82) is 0 Å². The lowest BCUT2D eigenvalue weighted by atomic mass is 9.81. The molecule has 2 atom stereocenters. The van der Waals surface area contributed by atoms with Crippen LogP contribution in [0.2, 0.25) is 0 Å². The Labute approximate surface area is 101 Å². The Bertz CT molecular complexity index is 225. The van der Waals surface area contributed by atoms with Gasteiger partial charge in [0.1, 0.15) is 0 Å². The Morgan fingerprint density at radius 2 is 2.12 bits per heavy atom. The van der Waals surface area contributed by atoms with Crippen LogP contribution >= 0.6 is 0 Å². The van der Waals surface area contributed by atoms with Crippen molar-refractivity contribution in [3.8, 4) is 0 Å². The summed E-state index contributed by atoms with van der Waals surface area (Å²) < 4.78 is 0. The maximum Gasteiger partial charge on any atom is 0.0281 e. The summed E-state index contributed by atoms with van der Waals surface area (Å²) in [5, 5.41) is 3.53. The molecule has 1 N–H and O–H groups in total. The highest BCUT2D eigenvalue weighted by molar-refractivity contribution is 4.93. The average Bonchev–Trinajstić information content (AvgIpc) is 2.28. The van der Waals surface area contributed by atoms with Crippen LogP contribution in [0.5, 0.6) is 0 Å². The van der Waals surface area contributed by atoms with E-state index in [-0.39, 0.29) is 0 Å². The van der Waals surface area contributed by atoms with Gasteiger partial charge in [-0.1, -0.05) is 26.2 Å². The van der Waals surface area contributed by atoms with E-state index in [0.29, 0.717) is 5.54 Å². The van der Waals surface area contributed by atoms with Crippen LogP contribution in [0.25, 0.3) is 0 Å². The van der Waals surface area contributed by atoms with Gasteiger partial charge < -0.3 is 5.32 Å². The molecule has 1 saturated carbocycles. The van der Waals surface area contributed by atoms with E-state index in [9.17, 15) is 0 Å². The summed E-state index contributed by atoms with van der Waals surface area (Å²) >= 11 is 0. The molecular weight excluding hydrogens is 196 g/mol. The summed E-state index contributed by atoms with van der Waals surface area (Å²) in [6.07, 6.45) is 7.17. The molecule has 0 aromatic rings. The second-order valence-electron chi connectivity index (χ2n) is 6.28. The Morgan fingerprint density at radius 3 is 2.81 bits per heavy atom. The number of rotatable bonds is 2. The minimum absolute atomic E-state index is 0.360. The van der Waals surface area contributed by atoms with Gasteiger partial charge in [0.15, 0.2) is 0 Å². The van der Waals surface area contributed by atoms with Crippen LogP contribution in [0, 0.1) is 5.92 Å². The Morgan fingerprint density at radius 1 is 1.31 bits per heavy atom. The summed E-state index contributed by atoms with van der Waals surface area (Å²) in [6.45, 7) is 10.7. The van der Waals surface area contributed by atoms with Crippen LogP contribution in [0.3, 0.4) is 0 Å². The van der Waals surface area contributed by atoms with Crippen LogP contribution in [0.1, 0.15) is 52.9 Å². The molecule has 2 rings (SSSR count). The van der Waals surface area contributed by atoms with Gasteiger partial charge in [0.05, 0.1) is 0 Å². The normalized spacial score (nSPS) is 36.2. The Kier molecular flexibility index (Phi) is 3.91. The summed E-state index contributed by atoms with van der Waals surface area (Å²) in [5.41, 5.74) is 0.360. The molecule has 0 aromatic heterocycles. The number of nitrogens with zero attached hydrogens (tertiary/aromatic N) is 1. The third-order valence-electron chi connectivity index (χ3n) is 4.64. The van der Waals surface area contributed by atoms with E-state index >= 15 is 0 Å². The molecule has 94 valence electrons. The highest BCUT2D eigenvalue weighted by Gasteiger charge is 2.36. The molecule has 0 aromatic carbocycles. The van der Waals surface area contributed by atoms with E-state index < -0.39 is 0 Å². The molecule has 0 radical (unpaired) electrons. The molecule has 1 aliphatic heterocycles. The van der Waals surface area contributed by atoms with Crippen molar-refractivity contribution in [3.63, 3.8) is 0 Å². The summed E-state index contributed by atoms with van der Waals surface area (Å²) in [6, 6.07) is 0.857. The van der Waals surface area contributed by atoms with Crippen molar-refractivity contribution in [3.05, 3.63) is 0 Å². The highest BCUT2D eigenvalue weighted by atomic mass is 15.3. The first kappa shape index (κ1) is 12.4. The van der Waals surface area contributed by atoms with Crippen molar-refractivity contribution < 1.29 is 0 Å². The zero-order valence-electron chi connectivity index (χ0n) is 11.3. The minimum Gasteiger partial charge on any atom is -0.314 e. The van der Waals surface area contributed by atoms with Crippen molar-refractivity contribution >= 4 is 0 Å². The molecule has 2 nitrogen and oxygen atoms in total. The molecule has 1 aliphatic carbocycles. The van der Waals surface area contributed by atoms with E-state index in [0.717, 1.165) is 18.5 Å². The second-order valence-corrected chi connectivity index (χ2v) is 6.28. The number of nitrogens with one attached hydrogen (secondary N) is 1. The predicted molar refractivity (Wildman–Crippen MR) is 69.7 cm³/mol. The zero-order chi connectivity index (χ0) is 11.6. The standard InChI is InChI=1S/C14H28N2/c1-4-12-6-5-7-13(10-12)16-9-8-15-11-14(16,2)3/h12-13,15H,4-11H2,1-3H3. The summed E-state index contributed by atoms with van der Waals surface area (Å²) in [4.78, 5) is 2.78. The third-order valence-corrected chi connectivity index (χ3v) is 4.64. The Hall–Kier alpha value is -0.0800. The molecule has 2 fully saturated rings. The van der Waals surface area contributed by atoms with Crippen molar-refractivity contribution in [2.75, 3.05) is 19.6 Å². The van der Waals surface area contributed by atoms with Crippen LogP contribution in [-0.2, 0) is 0 Å². The quantitative estimate of drug-likeness (QED) is 0.776. The summed E-state index contributed by atoms with van der Waals surface area (Å²) in [5.74, 6) is 0.990. The van der Waals surface area contributed by atoms with Gasteiger partial charge in [0.2, 0.25) is 0 Å². The van der Waals surface area contributed by atoms with E-state index in [1.54, 1.807) is 0 Å². The number of piperazine rings is 1. The van der Waals surface area contributed by atoms with E-state index in [2.05, 4.69) is 31.0 Å². The fourth-order valence-corrected chi connectivity index (χ4v) is 3.59. The van der Waals surface area contributed by atoms with Crippen molar-refractivity contribution in [2.45, 2.75) is 64.5 Å². The second kappa shape index (κ2) is 5.05. The fraction of sp³-hybridized carbons (Fsp3) is 1.00. The van der Waals surface area contributed by atoms with Gasteiger partial charge >= 0.3 is 0 Å². The molecule has 1 heterocycles. The molecule has 2 unspecified atom stereocenters. The molecule has 2 heteroatoms. The first-order chi connectivity index (χ1) is 7.63. The smallest absolute Gasteiger partial charge is 0.0281 e. The largest absolute Gasteiger partial charge is 0.314 e. The zero-order valence-corrected chi connectivity index (χ0v) is 11.3. The Balaban J connectivity index is 1.99. The molecule has 1 saturated heterocycles. The number of hydrogen-bond donors (Lipinski definition) is 1. The summed E-state index contributed by atoms with van der Waals surface area (Å²) in [7, 11) is 0. The van der Waals surface area contributed by atoms with Gasteiger partial charge in [0, 0.05) is 31.2 Å². The van der Waals surface area contributed by atoms with Crippen LogP contribution < -0.4 is 5.32 Å². The van der Waals surface area contributed by atoms with Gasteiger partial charge in [-0.15, -0.1) is 0 Å². The average molecular weight is 224 g/mol. The molecular formula is C14H28N2. The monoisotopic (exact) mass is 224 g/mol. The molecule has 0 spiro atoms. The van der Waals surface area contributed by atoms with Gasteiger partial charge in [-0.25, -0.2) is 0 Å². The van der Waals surface area contributed by atoms with Crippen molar-refractivity contribution in [2.24, 2.45) is 5.92 Å². The maximum atomic E-state index is 3.53. The van der Waals surface area contributed by atoms with Crippen LogP contribution in [0.4, 0.5) is 0 Å². The highest BCUT2D eigenvalue weighted by Crippen LogP contribution is 2.33. The lowest BCUT2D eigenvalue weighted by Gasteiger charge is -2.49. The van der Waals surface area contributed by atoms with E-state index in [1.165, 1.54) is 45.2 Å². The van der Waals surface area contributed by atoms with Crippen molar-refractivity contribution in [1.82, 2.24) is 10.2 Å². The van der Waals surface area contributed by atoms with E-state index in [1.807, 2.05) is 0 Å². The molecule has 0 amide bonds. The molecule has 16 heavy (non-hydrogen) atoms. The molecule has 0 bridgehead atoms. The lowest BCUT2D eigenvalue weighted by molar-refractivity contribution is 0.0177. The molecule has 2 aliphatic rings. The third kappa shape index (κ3) is 2.60. The van der Waals surface area contributed by atoms with Crippen LogP contribution in [0.15, 0.2) is 0 Å². The van der Waals surface area contributed by atoms with E-state index in [4.69, 9.17) is 0 Å². The minimum atomic E-state index is 0.360. The van der Waals surface area contributed by atoms with Gasteiger partial charge in [-0.3, -0.25) is 4.90 Å². The van der Waals surface area contributed by atoms with Crippen LogP contribution in [-0.4, -0.2) is 36.1 Å².